The van der Waals surface area contributed by atoms with E-state index in [4.69, 9.17) is 11.6 Å². The van der Waals surface area contributed by atoms with Crippen molar-refractivity contribution in [2.75, 3.05) is 31.5 Å². The normalized spacial score (nSPS) is 14.3. The van der Waals surface area contributed by atoms with Crippen LogP contribution < -0.4 is 5.32 Å². The molecule has 1 N–H and O–H groups in total. The lowest BCUT2D eigenvalue weighted by Crippen LogP contribution is -2.39. The highest BCUT2D eigenvalue weighted by Crippen LogP contribution is 2.26. The zero-order valence-electron chi connectivity index (χ0n) is 16.3. The molecule has 3 amide bonds. The van der Waals surface area contributed by atoms with Gasteiger partial charge in [-0.2, -0.15) is 0 Å². The van der Waals surface area contributed by atoms with E-state index in [2.05, 4.69) is 10.3 Å². The summed E-state index contributed by atoms with van der Waals surface area (Å²) in [5, 5.41) is 4.27. The summed E-state index contributed by atoms with van der Waals surface area (Å²) in [6.45, 7) is 2.16. The predicted octanol–water partition coefficient (Wildman–Crippen LogP) is 4.84. The van der Waals surface area contributed by atoms with Crippen LogP contribution in [0.2, 0.25) is 5.02 Å². The first-order valence-electron chi connectivity index (χ1n) is 9.72. The topological polar surface area (TPSA) is 65.5 Å². The number of nitrogens with one attached hydrogen (secondary N) is 1. The third kappa shape index (κ3) is 4.80. The third-order valence-electron chi connectivity index (χ3n) is 4.88. The summed E-state index contributed by atoms with van der Waals surface area (Å²) < 4.78 is 0. The average Bonchev–Trinajstić information content (AvgIpc) is 3.12. The highest BCUT2D eigenvalue weighted by atomic mass is 35.5. The molecule has 2 aromatic carbocycles. The van der Waals surface area contributed by atoms with E-state index in [9.17, 15) is 9.59 Å². The molecule has 0 saturated carbocycles. The SMILES string of the molecule is O=C(Nc1cccc(Cl)c1)N1CCCN(C(=O)c2cnc(-c3ccccc3)s2)CC1. The first-order chi connectivity index (χ1) is 14.6. The minimum absolute atomic E-state index is 0.0354. The van der Waals surface area contributed by atoms with Crippen molar-refractivity contribution in [1.82, 2.24) is 14.8 Å². The van der Waals surface area contributed by atoms with Gasteiger partial charge in [0.2, 0.25) is 0 Å². The fourth-order valence-electron chi connectivity index (χ4n) is 3.34. The molecule has 1 saturated heterocycles. The quantitative estimate of drug-likeness (QED) is 0.633. The lowest BCUT2D eigenvalue weighted by molar-refractivity contribution is 0.0767. The van der Waals surface area contributed by atoms with Crippen LogP contribution >= 0.6 is 22.9 Å². The van der Waals surface area contributed by atoms with Crippen molar-refractivity contribution < 1.29 is 9.59 Å². The molecule has 2 heterocycles. The number of benzene rings is 2. The number of rotatable bonds is 3. The Morgan fingerprint density at radius 1 is 0.967 bits per heavy atom. The van der Waals surface area contributed by atoms with E-state index < -0.39 is 0 Å². The minimum Gasteiger partial charge on any atom is -0.336 e. The number of aromatic nitrogens is 1. The van der Waals surface area contributed by atoms with Crippen LogP contribution in [0.3, 0.4) is 0 Å². The van der Waals surface area contributed by atoms with Crippen molar-refractivity contribution >= 4 is 40.6 Å². The summed E-state index contributed by atoms with van der Waals surface area (Å²) in [6, 6.07) is 16.7. The molecule has 30 heavy (non-hydrogen) atoms. The van der Waals surface area contributed by atoms with Crippen LogP contribution in [0, 0.1) is 0 Å². The molecule has 8 heteroatoms. The Balaban J connectivity index is 1.37. The van der Waals surface area contributed by atoms with Crippen LogP contribution in [-0.2, 0) is 0 Å². The highest BCUT2D eigenvalue weighted by molar-refractivity contribution is 7.16. The first kappa shape index (κ1) is 20.4. The van der Waals surface area contributed by atoms with Crippen LogP contribution in [0.15, 0.2) is 60.8 Å². The number of thiazole rings is 1. The van der Waals surface area contributed by atoms with E-state index in [1.807, 2.05) is 30.3 Å². The predicted molar refractivity (Wildman–Crippen MR) is 120 cm³/mol. The second-order valence-electron chi connectivity index (χ2n) is 6.97. The second kappa shape index (κ2) is 9.28. The molecule has 0 radical (unpaired) electrons. The fourth-order valence-corrected chi connectivity index (χ4v) is 4.42. The molecular formula is C22H21ClN4O2S. The Bertz CT molecular complexity index is 1040. The van der Waals surface area contributed by atoms with Crippen molar-refractivity contribution in [3.8, 4) is 10.6 Å². The van der Waals surface area contributed by atoms with Gasteiger partial charge in [-0.15, -0.1) is 11.3 Å². The van der Waals surface area contributed by atoms with Gasteiger partial charge in [0.1, 0.15) is 9.88 Å². The van der Waals surface area contributed by atoms with E-state index >= 15 is 0 Å². The molecule has 3 aromatic rings. The largest absolute Gasteiger partial charge is 0.336 e. The van der Waals surface area contributed by atoms with Gasteiger partial charge in [-0.3, -0.25) is 4.79 Å². The molecule has 4 rings (SSSR count). The van der Waals surface area contributed by atoms with Gasteiger partial charge in [-0.1, -0.05) is 48.0 Å². The van der Waals surface area contributed by atoms with E-state index in [0.29, 0.717) is 41.8 Å². The number of nitrogens with zero attached hydrogens (tertiary/aromatic N) is 3. The van der Waals surface area contributed by atoms with Crippen LogP contribution in [0.25, 0.3) is 10.6 Å². The smallest absolute Gasteiger partial charge is 0.321 e. The van der Waals surface area contributed by atoms with E-state index in [-0.39, 0.29) is 11.9 Å². The maximum absolute atomic E-state index is 13.0. The molecule has 1 fully saturated rings. The Morgan fingerprint density at radius 3 is 2.53 bits per heavy atom. The summed E-state index contributed by atoms with van der Waals surface area (Å²) in [6.07, 6.45) is 2.36. The Labute approximate surface area is 184 Å². The molecule has 0 spiro atoms. The number of halogens is 1. The molecular weight excluding hydrogens is 420 g/mol. The second-order valence-corrected chi connectivity index (χ2v) is 8.44. The van der Waals surface area contributed by atoms with Crippen molar-refractivity contribution in [3.63, 3.8) is 0 Å². The molecule has 0 atom stereocenters. The van der Waals surface area contributed by atoms with Crippen molar-refractivity contribution in [2.45, 2.75) is 6.42 Å². The Hall–Kier alpha value is -2.90. The number of anilines is 1. The highest BCUT2D eigenvalue weighted by Gasteiger charge is 2.24. The van der Waals surface area contributed by atoms with Gasteiger partial charge < -0.3 is 15.1 Å². The summed E-state index contributed by atoms with van der Waals surface area (Å²) >= 11 is 7.38. The molecule has 1 aromatic heterocycles. The lowest BCUT2D eigenvalue weighted by Gasteiger charge is -2.22. The number of hydrogen-bond donors (Lipinski definition) is 1. The molecule has 1 aliphatic heterocycles. The summed E-state index contributed by atoms with van der Waals surface area (Å²) in [7, 11) is 0. The van der Waals surface area contributed by atoms with Crippen molar-refractivity contribution in [2.24, 2.45) is 0 Å². The van der Waals surface area contributed by atoms with E-state index in [0.717, 1.165) is 17.0 Å². The standard InChI is InChI=1S/C22H21ClN4O2S/c23-17-8-4-9-18(14-17)25-22(29)27-11-5-10-26(12-13-27)21(28)19-15-24-20(30-19)16-6-2-1-3-7-16/h1-4,6-9,14-15H,5,10-13H2,(H,25,29). The molecule has 0 bridgehead atoms. The number of carbonyl (C=O) groups excluding carboxylic acids is 2. The van der Waals surface area contributed by atoms with Crippen molar-refractivity contribution in [3.05, 3.63) is 70.7 Å². The molecule has 1 aliphatic rings. The van der Waals surface area contributed by atoms with E-state index in [1.165, 1.54) is 11.3 Å². The van der Waals surface area contributed by atoms with Gasteiger partial charge in [0.05, 0.1) is 6.20 Å². The number of amides is 3. The number of urea groups is 1. The minimum atomic E-state index is -0.185. The molecule has 0 aliphatic carbocycles. The molecule has 0 unspecified atom stereocenters. The zero-order chi connectivity index (χ0) is 20.9. The van der Waals surface area contributed by atoms with Crippen LogP contribution in [0.5, 0.6) is 0 Å². The summed E-state index contributed by atoms with van der Waals surface area (Å²) in [5.41, 5.74) is 1.66. The van der Waals surface area contributed by atoms with Gasteiger partial charge in [0, 0.05) is 42.5 Å². The summed E-state index contributed by atoms with van der Waals surface area (Å²) in [4.78, 5) is 34.1. The Morgan fingerprint density at radius 2 is 1.73 bits per heavy atom. The van der Waals surface area contributed by atoms with Gasteiger partial charge in [-0.05, 0) is 24.6 Å². The van der Waals surface area contributed by atoms with Gasteiger partial charge in [0.25, 0.3) is 5.91 Å². The van der Waals surface area contributed by atoms with Gasteiger partial charge in [0.15, 0.2) is 0 Å². The lowest BCUT2D eigenvalue weighted by atomic mass is 10.2. The average molecular weight is 441 g/mol. The maximum atomic E-state index is 13.0. The van der Waals surface area contributed by atoms with E-state index in [1.54, 1.807) is 40.3 Å². The number of carbonyl (C=O) groups is 2. The molecule has 6 nitrogen and oxygen atoms in total. The molecule has 154 valence electrons. The van der Waals surface area contributed by atoms with Crippen molar-refractivity contribution in [1.29, 1.82) is 0 Å². The van der Waals surface area contributed by atoms with Gasteiger partial charge in [-0.25, -0.2) is 9.78 Å². The first-order valence-corrected chi connectivity index (χ1v) is 10.9. The van der Waals surface area contributed by atoms with Crippen LogP contribution in [0.4, 0.5) is 10.5 Å². The number of hydrogen-bond acceptors (Lipinski definition) is 4. The Kier molecular flexibility index (Phi) is 6.30. The summed E-state index contributed by atoms with van der Waals surface area (Å²) in [5.74, 6) is -0.0354. The van der Waals surface area contributed by atoms with Gasteiger partial charge >= 0.3 is 6.03 Å². The zero-order valence-corrected chi connectivity index (χ0v) is 17.8. The third-order valence-corrected chi connectivity index (χ3v) is 6.15. The fraction of sp³-hybridized carbons (Fsp3) is 0.227. The van der Waals surface area contributed by atoms with Crippen LogP contribution in [0.1, 0.15) is 16.1 Å². The maximum Gasteiger partial charge on any atom is 0.321 e. The monoisotopic (exact) mass is 440 g/mol. The van der Waals surface area contributed by atoms with Crippen LogP contribution in [-0.4, -0.2) is 52.9 Å².